The second-order valence-electron chi connectivity index (χ2n) is 6.76. The van der Waals surface area contributed by atoms with Crippen molar-refractivity contribution >= 4 is 5.82 Å². The summed E-state index contributed by atoms with van der Waals surface area (Å²) in [6.07, 6.45) is 5.90. The maximum atomic E-state index is 4.78. The Labute approximate surface area is 122 Å². The van der Waals surface area contributed by atoms with Gasteiger partial charge < -0.3 is 10.2 Å². The van der Waals surface area contributed by atoms with Gasteiger partial charge in [-0.1, -0.05) is 12.5 Å². The molecule has 3 rings (SSSR count). The molecule has 0 amide bonds. The Bertz CT molecular complexity index is 471. The summed E-state index contributed by atoms with van der Waals surface area (Å²) >= 11 is 0. The molecule has 2 aliphatic rings. The van der Waals surface area contributed by atoms with Crippen LogP contribution < -0.4 is 10.2 Å². The van der Waals surface area contributed by atoms with Gasteiger partial charge in [-0.05, 0) is 62.6 Å². The van der Waals surface area contributed by atoms with Gasteiger partial charge in [0.1, 0.15) is 5.82 Å². The Morgan fingerprint density at radius 3 is 2.75 bits per heavy atom. The lowest BCUT2D eigenvalue weighted by Gasteiger charge is -2.28. The first-order chi connectivity index (χ1) is 9.67. The number of fused-ring (bicyclic) bond motifs is 2. The Morgan fingerprint density at radius 1 is 1.30 bits per heavy atom. The van der Waals surface area contributed by atoms with E-state index in [0.717, 1.165) is 35.8 Å². The van der Waals surface area contributed by atoms with Gasteiger partial charge in [0.05, 0.1) is 0 Å². The molecule has 3 atom stereocenters. The maximum Gasteiger partial charge on any atom is 0.128 e. The normalized spacial score (nSPS) is 28.1. The van der Waals surface area contributed by atoms with Gasteiger partial charge in [-0.2, -0.15) is 0 Å². The van der Waals surface area contributed by atoms with Gasteiger partial charge in [-0.3, -0.25) is 0 Å². The molecule has 110 valence electrons. The number of nitrogens with zero attached hydrogens (tertiary/aromatic N) is 2. The lowest BCUT2D eigenvalue weighted by Crippen LogP contribution is -2.29. The smallest absolute Gasteiger partial charge is 0.128 e. The molecule has 2 aliphatic carbocycles. The quantitative estimate of drug-likeness (QED) is 0.894. The molecule has 2 saturated carbocycles. The molecule has 1 aromatic rings. The van der Waals surface area contributed by atoms with Crippen molar-refractivity contribution in [2.75, 3.05) is 25.5 Å². The molecule has 0 radical (unpaired) electrons. The Hall–Kier alpha value is -1.09. The van der Waals surface area contributed by atoms with Crippen LogP contribution in [0.1, 0.15) is 36.9 Å². The first-order valence-corrected chi connectivity index (χ1v) is 7.99. The highest BCUT2D eigenvalue weighted by molar-refractivity contribution is 5.41. The summed E-state index contributed by atoms with van der Waals surface area (Å²) in [6.45, 7) is 4.19. The largest absolute Gasteiger partial charge is 0.359 e. The monoisotopic (exact) mass is 273 g/mol. The van der Waals surface area contributed by atoms with E-state index < -0.39 is 0 Å². The van der Waals surface area contributed by atoms with Crippen LogP contribution in [0.2, 0.25) is 0 Å². The van der Waals surface area contributed by atoms with E-state index in [9.17, 15) is 0 Å². The maximum absolute atomic E-state index is 4.78. The predicted octanol–water partition coefficient (Wildman–Crippen LogP) is 2.98. The molecule has 3 nitrogen and oxygen atoms in total. The van der Waals surface area contributed by atoms with Crippen molar-refractivity contribution in [3.05, 3.63) is 23.4 Å². The minimum Gasteiger partial charge on any atom is -0.359 e. The van der Waals surface area contributed by atoms with Crippen LogP contribution in [-0.2, 0) is 6.54 Å². The standard InChI is InChI=1S/C17H27N3/c1-12-15(10-18-2)6-7-17(19-12)20(3)11-16-9-13-4-5-14(16)8-13/h6-7,13-14,16,18H,4-5,8-11H2,1-3H3. The second kappa shape index (κ2) is 5.72. The summed E-state index contributed by atoms with van der Waals surface area (Å²) in [5.41, 5.74) is 2.45. The van der Waals surface area contributed by atoms with Crippen LogP contribution in [0.25, 0.3) is 0 Å². The molecule has 1 heterocycles. The summed E-state index contributed by atoms with van der Waals surface area (Å²) in [6, 6.07) is 4.39. The van der Waals surface area contributed by atoms with E-state index in [2.05, 4.69) is 36.3 Å². The first kappa shape index (κ1) is 13.9. The zero-order valence-electron chi connectivity index (χ0n) is 13.0. The van der Waals surface area contributed by atoms with E-state index in [1.54, 1.807) is 0 Å². The zero-order chi connectivity index (χ0) is 14.1. The van der Waals surface area contributed by atoms with Crippen molar-refractivity contribution in [3.63, 3.8) is 0 Å². The van der Waals surface area contributed by atoms with Gasteiger partial charge in [-0.25, -0.2) is 4.98 Å². The summed E-state index contributed by atoms with van der Waals surface area (Å²) in [5, 5.41) is 3.20. The predicted molar refractivity (Wildman–Crippen MR) is 83.9 cm³/mol. The summed E-state index contributed by atoms with van der Waals surface area (Å²) < 4.78 is 0. The van der Waals surface area contributed by atoms with Crippen LogP contribution in [0.15, 0.2) is 12.1 Å². The number of nitrogens with one attached hydrogen (secondary N) is 1. The molecule has 2 bridgehead atoms. The SMILES string of the molecule is CNCc1ccc(N(C)CC2CC3CCC2C3)nc1C. The van der Waals surface area contributed by atoms with Gasteiger partial charge in [0.15, 0.2) is 0 Å². The van der Waals surface area contributed by atoms with Crippen LogP contribution in [-0.4, -0.2) is 25.6 Å². The van der Waals surface area contributed by atoms with E-state index in [4.69, 9.17) is 4.98 Å². The molecule has 0 saturated heterocycles. The van der Waals surface area contributed by atoms with Gasteiger partial charge in [0, 0.05) is 25.8 Å². The number of rotatable bonds is 5. The van der Waals surface area contributed by atoms with Crippen molar-refractivity contribution in [1.82, 2.24) is 10.3 Å². The highest BCUT2D eigenvalue weighted by Gasteiger charge is 2.39. The Kier molecular flexibility index (Phi) is 3.97. The van der Waals surface area contributed by atoms with Crippen LogP contribution >= 0.6 is 0 Å². The minimum absolute atomic E-state index is 0.898. The number of aryl methyl sites for hydroxylation is 1. The van der Waals surface area contributed by atoms with Crippen LogP contribution in [0.4, 0.5) is 5.82 Å². The van der Waals surface area contributed by atoms with E-state index in [0.29, 0.717) is 0 Å². The molecule has 2 fully saturated rings. The van der Waals surface area contributed by atoms with Gasteiger partial charge in [0.2, 0.25) is 0 Å². The van der Waals surface area contributed by atoms with Crippen molar-refractivity contribution in [2.45, 2.75) is 39.2 Å². The topological polar surface area (TPSA) is 28.2 Å². The highest BCUT2D eigenvalue weighted by atomic mass is 15.2. The van der Waals surface area contributed by atoms with Crippen molar-refractivity contribution in [1.29, 1.82) is 0 Å². The fraction of sp³-hybridized carbons (Fsp3) is 0.706. The molecule has 20 heavy (non-hydrogen) atoms. The summed E-state index contributed by atoms with van der Waals surface area (Å²) in [4.78, 5) is 7.14. The van der Waals surface area contributed by atoms with Crippen molar-refractivity contribution in [3.8, 4) is 0 Å². The third kappa shape index (κ3) is 2.69. The van der Waals surface area contributed by atoms with E-state index in [1.165, 1.54) is 37.8 Å². The fourth-order valence-electron chi connectivity index (χ4n) is 4.21. The third-order valence-corrected chi connectivity index (χ3v) is 5.33. The lowest BCUT2D eigenvalue weighted by atomic mass is 9.88. The molecular weight excluding hydrogens is 246 g/mol. The number of hydrogen-bond donors (Lipinski definition) is 1. The molecule has 1 aromatic heterocycles. The zero-order valence-corrected chi connectivity index (χ0v) is 13.0. The average molecular weight is 273 g/mol. The van der Waals surface area contributed by atoms with E-state index in [-0.39, 0.29) is 0 Å². The van der Waals surface area contributed by atoms with Gasteiger partial charge in [-0.15, -0.1) is 0 Å². The van der Waals surface area contributed by atoms with E-state index >= 15 is 0 Å². The average Bonchev–Trinajstić information content (AvgIpc) is 3.03. The summed E-state index contributed by atoms with van der Waals surface area (Å²) in [5.74, 6) is 4.06. The Balaban J connectivity index is 1.65. The number of hydrogen-bond acceptors (Lipinski definition) is 3. The molecule has 0 aromatic carbocycles. The van der Waals surface area contributed by atoms with Crippen LogP contribution in [0.5, 0.6) is 0 Å². The van der Waals surface area contributed by atoms with Gasteiger partial charge in [0.25, 0.3) is 0 Å². The van der Waals surface area contributed by atoms with Crippen LogP contribution in [0, 0.1) is 24.7 Å². The Morgan fingerprint density at radius 2 is 2.15 bits per heavy atom. The molecule has 0 aliphatic heterocycles. The van der Waals surface area contributed by atoms with Gasteiger partial charge >= 0.3 is 0 Å². The number of anilines is 1. The van der Waals surface area contributed by atoms with Crippen LogP contribution in [0.3, 0.4) is 0 Å². The minimum atomic E-state index is 0.898. The molecular formula is C17H27N3. The third-order valence-electron chi connectivity index (χ3n) is 5.33. The second-order valence-corrected chi connectivity index (χ2v) is 6.76. The highest BCUT2D eigenvalue weighted by Crippen LogP contribution is 2.48. The molecule has 3 heteroatoms. The fourth-order valence-corrected chi connectivity index (χ4v) is 4.21. The lowest BCUT2D eigenvalue weighted by molar-refractivity contribution is 0.337. The first-order valence-electron chi connectivity index (χ1n) is 7.99. The van der Waals surface area contributed by atoms with Crippen molar-refractivity contribution < 1.29 is 0 Å². The molecule has 1 N–H and O–H groups in total. The number of aromatic nitrogens is 1. The molecule has 3 unspecified atom stereocenters. The van der Waals surface area contributed by atoms with Crippen molar-refractivity contribution in [2.24, 2.45) is 17.8 Å². The summed E-state index contributed by atoms with van der Waals surface area (Å²) in [7, 11) is 4.18. The number of pyridine rings is 1. The molecule has 0 spiro atoms. The van der Waals surface area contributed by atoms with E-state index in [1.807, 2.05) is 7.05 Å².